The number of nitro groups is 1. The maximum Gasteiger partial charge on any atom is 0.355 e. The van der Waals surface area contributed by atoms with Gasteiger partial charge in [-0.25, -0.2) is 9.78 Å². The molecule has 0 radical (unpaired) electrons. The largest absolute Gasteiger partial charge is 0.456 e. The predicted molar refractivity (Wildman–Crippen MR) is 165 cm³/mol. The summed E-state index contributed by atoms with van der Waals surface area (Å²) in [5.41, 5.74) is 1.42. The molecule has 2 aromatic heterocycles. The Morgan fingerprint density at radius 2 is 1.89 bits per heavy atom. The molecule has 0 aliphatic carbocycles. The number of thiazole rings is 1. The van der Waals surface area contributed by atoms with Gasteiger partial charge in [0, 0.05) is 29.8 Å². The zero-order chi connectivity index (χ0) is 32.3. The quantitative estimate of drug-likeness (QED) is 0.0820. The summed E-state index contributed by atoms with van der Waals surface area (Å²) in [4.78, 5) is 57.5. The molecule has 234 valence electrons. The fourth-order valence-electron chi connectivity index (χ4n) is 5.46. The second-order valence-corrected chi connectivity index (χ2v) is 18.7. The number of Topliss-reactive ketones (excluding diaryl/α,β-unsaturated/α-hetero) is 1. The molecule has 14 heteroatoms. The second kappa shape index (κ2) is 11.3. The zero-order valence-corrected chi connectivity index (χ0v) is 27.5. The Morgan fingerprint density at radius 1 is 1.23 bits per heavy atom. The summed E-state index contributed by atoms with van der Waals surface area (Å²) in [5.74, 6) is -2.31. The van der Waals surface area contributed by atoms with Crippen LogP contribution in [0.5, 0.6) is 0 Å². The number of aliphatic hydroxyl groups is 1. The predicted octanol–water partition coefficient (Wildman–Crippen LogP) is 4.82. The van der Waals surface area contributed by atoms with Crippen LogP contribution in [-0.4, -0.2) is 69.0 Å². The molecule has 1 saturated heterocycles. The van der Waals surface area contributed by atoms with E-state index in [1.807, 2.05) is 6.92 Å². The molecule has 0 spiro atoms. The van der Waals surface area contributed by atoms with E-state index in [1.165, 1.54) is 40.5 Å². The van der Waals surface area contributed by atoms with Gasteiger partial charge in [-0.15, -0.1) is 11.3 Å². The Kier molecular flexibility index (Phi) is 8.16. The number of aliphatic hydroxyl groups excluding tert-OH is 1. The number of hydrogen-bond donors (Lipinski definition) is 1. The van der Waals surface area contributed by atoms with Crippen LogP contribution in [0.3, 0.4) is 0 Å². The SMILES string of the molecule is C[C@@H](O)[C@H]1C(=O)N2C(C(=O)OCc3ccc([N+](=O)[O-])cc3)=C(c3cn4cnc(C(=O)CO[Si](C)(C)C(C)(C)C)c4s3)[C@H](C)[C@H]12. The van der Waals surface area contributed by atoms with Gasteiger partial charge < -0.3 is 19.2 Å². The minimum atomic E-state index is -2.16. The van der Waals surface area contributed by atoms with Crippen LogP contribution in [0.2, 0.25) is 18.1 Å². The summed E-state index contributed by atoms with van der Waals surface area (Å²) in [6, 6.07) is 5.22. The number of fused-ring (bicyclic) bond motifs is 2. The lowest BCUT2D eigenvalue weighted by atomic mass is 9.77. The Labute approximate surface area is 259 Å². The van der Waals surface area contributed by atoms with Crippen LogP contribution in [0.1, 0.15) is 55.5 Å². The van der Waals surface area contributed by atoms with Gasteiger partial charge in [0.2, 0.25) is 11.7 Å². The Hall–Kier alpha value is -3.72. The number of ether oxygens (including phenoxy) is 1. The number of non-ortho nitro benzene ring substituents is 1. The normalized spacial score (nSPS) is 21.0. The number of nitro benzene ring substituents is 1. The lowest BCUT2D eigenvalue weighted by molar-refractivity contribution is -0.384. The van der Waals surface area contributed by atoms with E-state index in [4.69, 9.17) is 9.16 Å². The molecule has 5 rings (SSSR count). The highest BCUT2D eigenvalue weighted by Gasteiger charge is 2.60. The molecule has 4 heterocycles. The van der Waals surface area contributed by atoms with Crippen molar-refractivity contribution in [3.05, 3.63) is 68.7 Å². The van der Waals surface area contributed by atoms with Gasteiger partial charge in [0.15, 0.2) is 8.32 Å². The number of hydrogen-bond acceptors (Lipinski definition) is 10. The van der Waals surface area contributed by atoms with E-state index >= 15 is 0 Å². The van der Waals surface area contributed by atoms with Gasteiger partial charge in [-0.3, -0.25) is 24.1 Å². The Balaban J connectivity index is 1.46. The minimum absolute atomic E-state index is 0.0580. The number of aromatic nitrogens is 2. The fourth-order valence-corrected chi connectivity index (χ4v) is 7.62. The molecule has 1 N–H and O–H groups in total. The van der Waals surface area contributed by atoms with Crippen molar-refractivity contribution in [3.63, 3.8) is 0 Å². The number of esters is 1. The number of β-lactam (4-membered cyclic amide) rings is 1. The molecule has 1 aromatic carbocycles. The van der Waals surface area contributed by atoms with Crippen LogP contribution in [0.4, 0.5) is 5.69 Å². The smallest absolute Gasteiger partial charge is 0.355 e. The number of rotatable bonds is 10. The van der Waals surface area contributed by atoms with Gasteiger partial charge in [-0.05, 0) is 42.8 Å². The minimum Gasteiger partial charge on any atom is -0.456 e. The van der Waals surface area contributed by atoms with E-state index in [0.29, 0.717) is 20.8 Å². The number of carbonyl (C=O) groups excluding carboxylic acids is 3. The molecule has 1 amide bonds. The molecule has 0 saturated carbocycles. The van der Waals surface area contributed by atoms with Crippen LogP contribution >= 0.6 is 11.3 Å². The van der Waals surface area contributed by atoms with Crippen LogP contribution in [0.15, 0.2) is 42.5 Å². The van der Waals surface area contributed by atoms with Crippen LogP contribution in [0, 0.1) is 22.0 Å². The number of ketones is 1. The summed E-state index contributed by atoms with van der Waals surface area (Å²) < 4.78 is 13.5. The summed E-state index contributed by atoms with van der Waals surface area (Å²) >= 11 is 1.29. The van der Waals surface area contributed by atoms with E-state index in [1.54, 1.807) is 23.8 Å². The average Bonchev–Trinajstić information content (AvgIpc) is 3.59. The first kappa shape index (κ1) is 31.7. The third kappa shape index (κ3) is 5.40. The van der Waals surface area contributed by atoms with Gasteiger partial charge in [-0.2, -0.15) is 0 Å². The van der Waals surface area contributed by atoms with Crippen molar-refractivity contribution in [1.29, 1.82) is 0 Å². The molecular formula is C30H36N4O8SSi. The topological polar surface area (TPSA) is 154 Å². The summed E-state index contributed by atoms with van der Waals surface area (Å²) in [7, 11) is -2.16. The van der Waals surface area contributed by atoms with E-state index in [0.717, 1.165) is 0 Å². The maximum atomic E-state index is 13.6. The summed E-state index contributed by atoms with van der Waals surface area (Å²) in [5, 5.41) is 21.3. The van der Waals surface area contributed by atoms with Crippen molar-refractivity contribution >= 4 is 53.4 Å². The van der Waals surface area contributed by atoms with Crippen LogP contribution < -0.4 is 0 Å². The van der Waals surface area contributed by atoms with Gasteiger partial charge in [0.1, 0.15) is 29.2 Å². The van der Waals surface area contributed by atoms with Gasteiger partial charge >= 0.3 is 5.97 Å². The van der Waals surface area contributed by atoms with E-state index in [9.17, 15) is 29.6 Å². The molecule has 1 fully saturated rings. The molecule has 12 nitrogen and oxygen atoms in total. The molecule has 44 heavy (non-hydrogen) atoms. The highest BCUT2D eigenvalue weighted by Crippen LogP contribution is 2.52. The van der Waals surface area contributed by atoms with Crippen molar-refractivity contribution < 1.29 is 33.6 Å². The number of amides is 1. The first-order valence-corrected chi connectivity index (χ1v) is 18.1. The van der Waals surface area contributed by atoms with E-state index in [-0.39, 0.29) is 52.9 Å². The van der Waals surface area contributed by atoms with Crippen molar-refractivity contribution in [2.45, 2.75) is 71.5 Å². The van der Waals surface area contributed by atoms with Crippen molar-refractivity contribution in [2.24, 2.45) is 11.8 Å². The second-order valence-electron chi connectivity index (χ2n) is 12.9. The lowest BCUT2D eigenvalue weighted by Crippen LogP contribution is -2.63. The Bertz CT molecular complexity index is 1680. The molecule has 3 aromatic rings. The first-order valence-electron chi connectivity index (χ1n) is 14.3. The molecule has 0 bridgehead atoms. The van der Waals surface area contributed by atoms with Gasteiger partial charge in [0.05, 0.1) is 34.5 Å². The lowest BCUT2D eigenvalue weighted by Gasteiger charge is -2.46. The molecule has 2 aliphatic heterocycles. The van der Waals surface area contributed by atoms with Crippen molar-refractivity contribution in [3.8, 4) is 0 Å². The summed E-state index contributed by atoms with van der Waals surface area (Å²) in [6.45, 7) is 13.7. The fraction of sp³-hybridized carbons (Fsp3) is 0.467. The van der Waals surface area contributed by atoms with Crippen molar-refractivity contribution in [2.75, 3.05) is 6.61 Å². The van der Waals surface area contributed by atoms with Crippen LogP contribution in [-0.2, 0) is 25.4 Å². The molecule has 4 atom stereocenters. The Morgan fingerprint density at radius 3 is 2.48 bits per heavy atom. The third-order valence-electron chi connectivity index (χ3n) is 8.99. The average molecular weight is 641 g/mol. The van der Waals surface area contributed by atoms with E-state index < -0.39 is 37.3 Å². The maximum absolute atomic E-state index is 13.6. The van der Waals surface area contributed by atoms with E-state index in [2.05, 4.69) is 38.8 Å². The number of nitrogens with zero attached hydrogens (tertiary/aromatic N) is 4. The standard InChI is InChI=1S/C30H36N4O8SSi/c1-16-22(21-12-32-15-31-24(28(32)43-21)20(36)14-42-44(6,7)30(3,4)5)26(33-25(16)23(17(2)35)27(33)37)29(38)41-13-18-8-10-19(11-9-18)34(39)40/h8-12,15-17,23,25,35H,13-14H2,1-7H3/t16-,17+,23+,25+/m0/s1. The van der Waals surface area contributed by atoms with Crippen molar-refractivity contribution in [1.82, 2.24) is 14.3 Å². The summed E-state index contributed by atoms with van der Waals surface area (Å²) in [6.07, 6.45) is 2.42. The highest BCUT2D eigenvalue weighted by atomic mass is 32.1. The number of carbonyl (C=O) groups is 3. The molecular weight excluding hydrogens is 605 g/mol. The third-order valence-corrected chi connectivity index (χ3v) is 14.6. The molecule has 2 aliphatic rings. The monoisotopic (exact) mass is 640 g/mol. The van der Waals surface area contributed by atoms with Gasteiger partial charge in [-0.1, -0.05) is 27.7 Å². The van der Waals surface area contributed by atoms with Gasteiger partial charge in [0.25, 0.3) is 5.69 Å². The molecule has 0 unspecified atom stereocenters. The highest BCUT2D eigenvalue weighted by molar-refractivity contribution is 7.18. The number of imidazole rings is 1. The number of benzene rings is 1. The first-order chi connectivity index (χ1) is 20.5. The zero-order valence-electron chi connectivity index (χ0n) is 25.7. The van der Waals surface area contributed by atoms with Crippen LogP contribution in [0.25, 0.3) is 10.4 Å².